The summed E-state index contributed by atoms with van der Waals surface area (Å²) in [4.78, 5) is 4.85. The van der Waals surface area contributed by atoms with Gasteiger partial charge in [-0.1, -0.05) is 83.5 Å². The van der Waals surface area contributed by atoms with Crippen molar-refractivity contribution in [3.63, 3.8) is 0 Å². The molecule has 0 unspecified atom stereocenters. The third-order valence-electron chi connectivity index (χ3n) is 10.1. The number of aryl methyl sites for hydroxylation is 4. The Labute approximate surface area is 322 Å². The fourth-order valence-corrected chi connectivity index (χ4v) is 7.34. The van der Waals surface area contributed by atoms with Crippen molar-refractivity contribution in [2.24, 2.45) is 5.92 Å². The predicted molar refractivity (Wildman–Crippen MR) is 211 cm³/mol. The first kappa shape index (κ1) is 37.3. The number of pyridine rings is 1. The van der Waals surface area contributed by atoms with E-state index < -0.39 is 0 Å². The van der Waals surface area contributed by atoms with Crippen molar-refractivity contribution in [2.45, 2.75) is 87.0 Å². The maximum absolute atomic E-state index is 6.66. The van der Waals surface area contributed by atoms with E-state index >= 15 is 0 Å². The van der Waals surface area contributed by atoms with Crippen LogP contribution in [0.25, 0.3) is 44.4 Å². The Hall–Kier alpha value is -4.50. The summed E-state index contributed by atoms with van der Waals surface area (Å²) in [6, 6.07) is 35.2. The predicted octanol–water partition coefficient (Wildman–Crippen LogP) is 11.9. The van der Waals surface area contributed by atoms with Crippen LogP contribution < -0.4 is 4.74 Å². The fourth-order valence-electron chi connectivity index (χ4n) is 7.34. The van der Waals surface area contributed by atoms with Gasteiger partial charge in [-0.3, -0.25) is 4.68 Å². The smallest absolute Gasteiger partial charge is 0.509 e. The van der Waals surface area contributed by atoms with E-state index in [1.54, 1.807) is 0 Å². The van der Waals surface area contributed by atoms with E-state index in [1.165, 1.54) is 27.8 Å². The van der Waals surface area contributed by atoms with Gasteiger partial charge in [0.2, 0.25) is 0 Å². The standard InChI is InChI=1S/C46H48N4O.Pd/c1-9-34-14-13-15-35(10-2)46(34)45-31(7)48-50(32(45)8)37-25-36(30(5)6)26-39(27-37)51-38-20-21-41-40-16-11-12-17-42(40)49(43(41)28-38)44-24-33(22-23-47-44)19-18-29(3)4;/h11-17,20-26,29-30H,9-10,18-19H2,1-8H3;/q-2;+2. The normalized spacial score (nSPS) is 11.6. The Morgan fingerprint density at radius 1 is 0.769 bits per heavy atom. The molecule has 0 radical (unpaired) electrons. The summed E-state index contributed by atoms with van der Waals surface area (Å²) in [5.74, 6) is 3.09. The molecule has 3 aromatic heterocycles. The van der Waals surface area contributed by atoms with Gasteiger partial charge in [-0.15, -0.1) is 41.3 Å². The summed E-state index contributed by atoms with van der Waals surface area (Å²) in [6.07, 6.45) is 6.03. The Bertz CT molecular complexity index is 2340. The van der Waals surface area contributed by atoms with Crippen LogP contribution in [-0.2, 0) is 39.7 Å². The molecule has 0 atom stereocenters. The Morgan fingerprint density at radius 3 is 2.23 bits per heavy atom. The van der Waals surface area contributed by atoms with E-state index in [-0.39, 0.29) is 26.3 Å². The van der Waals surface area contributed by atoms with Crippen molar-refractivity contribution in [1.29, 1.82) is 0 Å². The Balaban J connectivity index is 0.00000464. The number of hydrogen-bond donors (Lipinski definition) is 0. The molecule has 0 saturated carbocycles. The van der Waals surface area contributed by atoms with E-state index in [2.05, 4.69) is 145 Å². The first-order chi connectivity index (χ1) is 24.7. The van der Waals surface area contributed by atoms with E-state index in [1.807, 2.05) is 16.9 Å². The molecule has 0 spiro atoms. The summed E-state index contributed by atoms with van der Waals surface area (Å²) in [6.45, 7) is 17.7. The number of fused-ring (bicyclic) bond motifs is 3. The van der Waals surface area contributed by atoms with Crippen LogP contribution in [-0.4, -0.2) is 19.3 Å². The third-order valence-corrected chi connectivity index (χ3v) is 10.1. The van der Waals surface area contributed by atoms with E-state index in [9.17, 15) is 0 Å². The Kier molecular flexibility index (Phi) is 11.2. The number of para-hydroxylation sites is 1. The molecule has 3 heterocycles. The summed E-state index contributed by atoms with van der Waals surface area (Å²) in [5, 5.41) is 7.38. The maximum atomic E-state index is 6.66. The van der Waals surface area contributed by atoms with Crippen LogP contribution in [0.2, 0.25) is 0 Å². The maximum Gasteiger partial charge on any atom is 2.00 e. The molecule has 0 aliphatic carbocycles. The van der Waals surface area contributed by atoms with Gasteiger partial charge in [0.25, 0.3) is 0 Å². The number of benzene rings is 4. The summed E-state index contributed by atoms with van der Waals surface area (Å²) >= 11 is 0. The number of hydrogen-bond acceptors (Lipinski definition) is 3. The van der Waals surface area contributed by atoms with Gasteiger partial charge in [-0.25, -0.2) is 4.98 Å². The molecule has 0 aliphatic rings. The van der Waals surface area contributed by atoms with E-state index in [0.29, 0.717) is 17.4 Å². The van der Waals surface area contributed by atoms with Crippen LogP contribution in [0.15, 0.2) is 85.1 Å². The quantitative estimate of drug-likeness (QED) is 0.0970. The number of rotatable bonds is 11. The fraction of sp³-hybridized carbons (Fsp3) is 0.304. The van der Waals surface area contributed by atoms with Crippen molar-refractivity contribution in [1.82, 2.24) is 19.3 Å². The van der Waals surface area contributed by atoms with Crippen molar-refractivity contribution < 1.29 is 25.2 Å². The van der Waals surface area contributed by atoms with Gasteiger partial charge in [0.05, 0.1) is 5.69 Å². The number of aromatic nitrogens is 4. The average Bonchev–Trinajstić information content (AvgIpc) is 3.62. The van der Waals surface area contributed by atoms with Crippen molar-refractivity contribution >= 4 is 21.8 Å². The minimum Gasteiger partial charge on any atom is -0.509 e. The van der Waals surface area contributed by atoms with Crippen LogP contribution in [0.4, 0.5) is 0 Å². The van der Waals surface area contributed by atoms with Gasteiger partial charge in [0.15, 0.2) is 0 Å². The average molecular weight is 779 g/mol. The molecule has 5 nitrogen and oxygen atoms in total. The van der Waals surface area contributed by atoms with Crippen LogP contribution in [0.3, 0.4) is 0 Å². The second-order valence-corrected chi connectivity index (χ2v) is 14.4. The zero-order valence-corrected chi connectivity index (χ0v) is 33.1. The molecule has 4 aromatic carbocycles. The molecule has 0 fully saturated rings. The SMILES string of the molecule is CCc1cccc(CC)c1-c1c(C)nn(-c2[c-]c(Oc3[c-]c4c(cc3)c3ccccc3n4-c3cc(CCC(C)C)ccn3)cc(C(C)C)c2)c1C.[Pd+2]. The number of nitrogens with zero attached hydrogens (tertiary/aromatic N) is 4. The monoisotopic (exact) mass is 778 g/mol. The van der Waals surface area contributed by atoms with Crippen LogP contribution >= 0.6 is 0 Å². The van der Waals surface area contributed by atoms with Crippen molar-refractivity contribution in [3.8, 4) is 34.1 Å². The third kappa shape index (κ3) is 7.12. The van der Waals surface area contributed by atoms with Crippen LogP contribution in [0.1, 0.15) is 87.5 Å². The molecule has 7 rings (SSSR count). The van der Waals surface area contributed by atoms with E-state index in [4.69, 9.17) is 14.8 Å². The topological polar surface area (TPSA) is 44.9 Å². The van der Waals surface area contributed by atoms with Crippen LogP contribution in [0.5, 0.6) is 11.5 Å². The van der Waals surface area contributed by atoms with Gasteiger partial charge in [0.1, 0.15) is 5.82 Å². The molecular weight excluding hydrogens is 731 g/mol. The molecule has 52 heavy (non-hydrogen) atoms. The minimum absolute atomic E-state index is 0. The second kappa shape index (κ2) is 15.6. The number of ether oxygens (including phenoxy) is 1. The van der Waals surface area contributed by atoms with Gasteiger partial charge in [-0.05, 0) is 103 Å². The minimum atomic E-state index is 0. The van der Waals surface area contributed by atoms with E-state index in [0.717, 1.165) is 75.9 Å². The molecule has 0 aliphatic heterocycles. The Morgan fingerprint density at radius 2 is 1.52 bits per heavy atom. The summed E-state index contributed by atoms with van der Waals surface area (Å²) in [7, 11) is 0. The summed E-state index contributed by atoms with van der Waals surface area (Å²) < 4.78 is 10.9. The first-order valence-corrected chi connectivity index (χ1v) is 18.5. The largest absolute Gasteiger partial charge is 2.00 e. The molecule has 7 aromatic rings. The molecule has 0 bridgehead atoms. The molecule has 268 valence electrons. The van der Waals surface area contributed by atoms with Crippen molar-refractivity contribution in [2.75, 3.05) is 0 Å². The second-order valence-electron chi connectivity index (χ2n) is 14.4. The van der Waals surface area contributed by atoms with Crippen LogP contribution in [0, 0.1) is 31.9 Å². The molecular formula is C46H48N4OPd. The van der Waals surface area contributed by atoms with Gasteiger partial charge in [-0.2, -0.15) is 11.2 Å². The van der Waals surface area contributed by atoms with Gasteiger partial charge >= 0.3 is 20.4 Å². The molecule has 6 heteroatoms. The molecule has 0 N–H and O–H groups in total. The molecule has 0 saturated heterocycles. The van der Waals surface area contributed by atoms with Gasteiger partial charge in [0, 0.05) is 34.5 Å². The summed E-state index contributed by atoms with van der Waals surface area (Å²) in [5.41, 5.74) is 12.7. The zero-order chi connectivity index (χ0) is 35.8. The van der Waals surface area contributed by atoms with Gasteiger partial charge < -0.3 is 9.30 Å². The zero-order valence-electron chi connectivity index (χ0n) is 31.6. The first-order valence-electron chi connectivity index (χ1n) is 18.5. The van der Waals surface area contributed by atoms with Crippen molar-refractivity contribution in [3.05, 3.63) is 131 Å². The molecule has 0 amide bonds.